The van der Waals surface area contributed by atoms with E-state index in [0.29, 0.717) is 35.3 Å². The van der Waals surface area contributed by atoms with E-state index < -0.39 is 23.6 Å². The van der Waals surface area contributed by atoms with Crippen molar-refractivity contribution in [1.29, 1.82) is 0 Å². The maximum absolute atomic E-state index is 12.2. The Hall–Kier alpha value is -3.40. The molecule has 2 aliphatic heterocycles. The molecule has 0 aromatic heterocycles. The lowest BCUT2D eigenvalue weighted by molar-refractivity contribution is -0.104. The molecule has 0 aliphatic carbocycles. The normalized spacial score (nSPS) is 15.4. The van der Waals surface area contributed by atoms with Crippen LogP contribution in [0.1, 0.15) is 41.4 Å². The van der Waals surface area contributed by atoms with Crippen molar-refractivity contribution in [2.45, 2.75) is 0 Å². The first-order valence-corrected chi connectivity index (χ1v) is 9.39. The van der Waals surface area contributed by atoms with Crippen molar-refractivity contribution in [3.8, 4) is 0 Å². The number of fused-ring (bicyclic) bond motifs is 2. The molecular formula is C21H19N3O6. The van der Waals surface area contributed by atoms with E-state index in [2.05, 4.69) is 0 Å². The van der Waals surface area contributed by atoms with Gasteiger partial charge in [-0.3, -0.25) is 28.9 Å². The van der Waals surface area contributed by atoms with Crippen LogP contribution in [0.25, 0.3) is 0 Å². The van der Waals surface area contributed by atoms with Gasteiger partial charge in [0.15, 0.2) is 0 Å². The van der Waals surface area contributed by atoms with Crippen molar-refractivity contribution >= 4 is 23.6 Å². The Balaban J connectivity index is 1.21. The van der Waals surface area contributed by atoms with E-state index in [1.165, 1.54) is 0 Å². The van der Waals surface area contributed by atoms with Gasteiger partial charge in [0.25, 0.3) is 23.6 Å². The number of rotatable bonds is 8. The predicted molar refractivity (Wildman–Crippen MR) is 103 cm³/mol. The summed E-state index contributed by atoms with van der Waals surface area (Å²) >= 11 is 0. The Morgan fingerprint density at radius 3 is 1.23 bits per heavy atom. The van der Waals surface area contributed by atoms with Crippen LogP contribution in [0.2, 0.25) is 0 Å². The fourth-order valence-corrected chi connectivity index (χ4v) is 3.26. The number of carbonyl (C=O) groups excluding carboxylic acids is 4. The number of hydrogen-bond donors (Lipinski definition) is 0. The Morgan fingerprint density at radius 2 is 0.933 bits per heavy atom. The SMILES string of the molecule is CN(CCON1C(=O)c2ccccc2C1=O)CCON1C(=O)c2ccccc2C1=O. The summed E-state index contributed by atoms with van der Waals surface area (Å²) in [6.07, 6.45) is 0. The molecule has 2 aliphatic rings. The molecule has 2 aromatic carbocycles. The first-order valence-electron chi connectivity index (χ1n) is 9.39. The maximum Gasteiger partial charge on any atom is 0.285 e. The minimum atomic E-state index is -0.479. The smallest absolute Gasteiger partial charge is 0.285 e. The standard InChI is InChI=1S/C21H19N3O6/c1-22(10-12-29-23-18(25)14-6-2-3-7-15(14)19(23)26)11-13-30-24-20(27)16-8-4-5-9-17(16)21(24)28/h2-9H,10-13H2,1H3. The first kappa shape index (κ1) is 19.9. The van der Waals surface area contributed by atoms with Crippen molar-refractivity contribution in [3.63, 3.8) is 0 Å². The summed E-state index contributed by atoms with van der Waals surface area (Å²) in [7, 11) is 1.79. The van der Waals surface area contributed by atoms with E-state index >= 15 is 0 Å². The summed E-state index contributed by atoms with van der Waals surface area (Å²) in [6.45, 7) is 1.02. The van der Waals surface area contributed by atoms with Gasteiger partial charge >= 0.3 is 0 Å². The number of imide groups is 2. The summed E-state index contributed by atoms with van der Waals surface area (Å²) in [6, 6.07) is 13.1. The van der Waals surface area contributed by atoms with Gasteiger partial charge in [-0.05, 0) is 31.3 Å². The molecular weight excluding hydrogens is 390 g/mol. The summed E-state index contributed by atoms with van der Waals surface area (Å²) in [5, 5.41) is 1.54. The molecule has 0 unspecified atom stereocenters. The number of nitrogens with zero attached hydrogens (tertiary/aromatic N) is 3. The van der Waals surface area contributed by atoms with Gasteiger partial charge in [0, 0.05) is 13.1 Å². The lowest BCUT2D eigenvalue weighted by Crippen LogP contribution is -2.36. The number of amides is 4. The van der Waals surface area contributed by atoms with Crippen LogP contribution >= 0.6 is 0 Å². The predicted octanol–water partition coefficient (Wildman–Crippen LogP) is 1.37. The minimum absolute atomic E-state index is 0.106. The molecule has 9 nitrogen and oxygen atoms in total. The number of likely N-dealkylation sites (N-methyl/N-ethyl adjacent to an activating group) is 1. The second-order valence-corrected chi connectivity index (χ2v) is 6.87. The summed E-state index contributed by atoms with van der Waals surface area (Å²) in [5.74, 6) is -1.92. The van der Waals surface area contributed by atoms with E-state index in [4.69, 9.17) is 9.68 Å². The van der Waals surface area contributed by atoms with E-state index in [1.807, 2.05) is 4.90 Å². The van der Waals surface area contributed by atoms with Gasteiger partial charge in [0.1, 0.15) is 0 Å². The molecule has 4 rings (SSSR count). The highest BCUT2D eigenvalue weighted by molar-refractivity contribution is 6.21. The molecule has 4 amide bonds. The zero-order valence-electron chi connectivity index (χ0n) is 16.2. The van der Waals surface area contributed by atoms with Crippen molar-refractivity contribution in [2.75, 3.05) is 33.4 Å². The Labute approximate surface area is 172 Å². The van der Waals surface area contributed by atoms with Gasteiger partial charge in [-0.1, -0.05) is 24.3 Å². The van der Waals surface area contributed by atoms with Gasteiger partial charge in [0.2, 0.25) is 0 Å². The fraction of sp³-hybridized carbons (Fsp3) is 0.238. The largest absolute Gasteiger partial charge is 0.302 e. The van der Waals surface area contributed by atoms with Gasteiger partial charge < -0.3 is 4.90 Å². The van der Waals surface area contributed by atoms with Crippen LogP contribution in [-0.4, -0.2) is 72.0 Å². The first-order chi connectivity index (χ1) is 14.5. The van der Waals surface area contributed by atoms with Crippen molar-refractivity contribution in [1.82, 2.24) is 15.0 Å². The molecule has 0 spiro atoms. The molecule has 0 bridgehead atoms. The third kappa shape index (κ3) is 3.50. The molecule has 30 heavy (non-hydrogen) atoms. The third-order valence-electron chi connectivity index (χ3n) is 4.90. The molecule has 2 aromatic rings. The lowest BCUT2D eigenvalue weighted by Gasteiger charge is -2.20. The van der Waals surface area contributed by atoms with Crippen LogP contribution in [0.3, 0.4) is 0 Å². The number of hydrogen-bond acceptors (Lipinski definition) is 7. The van der Waals surface area contributed by atoms with E-state index in [1.54, 1.807) is 55.6 Å². The van der Waals surface area contributed by atoms with Gasteiger partial charge in [-0.25, -0.2) is 0 Å². The highest BCUT2D eigenvalue weighted by Gasteiger charge is 2.37. The topological polar surface area (TPSA) is 96.5 Å². The molecule has 0 atom stereocenters. The minimum Gasteiger partial charge on any atom is -0.302 e. The average molecular weight is 409 g/mol. The Bertz CT molecular complexity index is 885. The molecule has 0 radical (unpaired) electrons. The third-order valence-corrected chi connectivity index (χ3v) is 4.90. The van der Waals surface area contributed by atoms with Crippen LogP contribution in [0.4, 0.5) is 0 Å². The van der Waals surface area contributed by atoms with Gasteiger partial charge in [-0.15, -0.1) is 10.1 Å². The molecule has 0 N–H and O–H groups in total. The second-order valence-electron chi connectivity index (χ2n) is 6.87. The van der Waals surface area contributed by atoms with Crippen LogP contribution in [-0.2, 0) is 9.68 Å². The van der Waals surface area contributed by atoms with E-state index in [9.17, 15) is 19.2 Å². The maximum atomic E-state index is 12.2. The molecule has 2 heterocycles. The van der Waals surface area contributed by atoms with Crippen LogP contribution in [0.5, 0.6) is 0 Å². The number of benzene rings is 2. The van der Waals surface area contributed by atoms with E-state index in [0.717, 1.165) is 10.1 Å². The lowest BCUT2D eigenvalue weighted by atomic mass is 10.1. The monoisotopic (exact) mass is 409 g/mol. The molecule has 154 valence electrons. The highest BCUT2D eigenvalue weighted by Crippen LogP contribution is 2.23. The van der Waals surface area contributed by atoms with Crippen molar-refractivity contribution in [2.24, 2.45) is 0 Å². The van der Waals surface area contributed by atoms with E-state index in [-0.39, 0.29) is 13.2 Å². The second kappa shape index (κ2) is 8.15. The molecule has 0 saturated heterocycles. The van der Waals surface area contributed by atoms with Crippen molar-refractivity contribution < 1.29 is 28.9 Å². The zero-order chi connectivity index (χ0) is 21.3. The Kier molecular flexibility index (Phi) is 5.40. The Morgan fingerprint density at radius 1 is 0.633 bits per heavy atom. The van der Waals surface area contributed by atoms with Gasteiger partial charge in [0.05, 0.1) is 35.5 Å². The summed E-state index contributed by atoms with van der Waals surface area (Å²) in [5.41, 5.74) is 1.30. The molecule has 0 saturated carbocycles. The summed E-state index contributed by atoms with van der Waals surface area (Å²) in [4.78, 5) is 61.5. The quantitative estimate of drug-likeness (QED) is 0.608. The van der Waals surface area contributed by atoms with Crippen LogP contribution < -0.4 is 0 Å². The molecule has 9 heteroatoms. The van der Waals surface area contributed by atoms with Crippen LogP contribution in [0.15, 0.2) is 48.5 Å². The fourth-order valence-electron chi connectivity index (χ4n) is 3.26. The van der Waals surface area contributed by atoms with Gasteiger partial charge in [-0.2, -0.15) is 0 Å². The highest BCUT2D eigenvalue weighted by atomic mass is 16.7. The number of carbonyl (C=O) groups is 4. The molecule has 0 fully saturated rings. The number of hydroxylamine groups is 4. The van der Waals surface area contributed by atoms with Crippen molar-refractivity contribution in [3.05, 3.63) is 70.8 Å². The average Bonchev–Trinajstić information content (AvgIpc) is 3.15. The zero-order valence-corrected chi connectivity index (χ0v) is 16.2. The summed E-state index contributed by atoms with van der Waals surface area (Å²) < 4.78 is 0. The van der Waals surface area contributed by atoms with Crippen LogP contribution in [0, 0.1) is 0 Å².